The summed E-state index contributed by atoms with van der Waals surface area (Å²) < 4.78 is 71.9. The minimum atomic E-state index is -4.31. The van der Waals surface area contributed by atoms with Crippen LogP contribution in [0.15, 0.2) is 41.4 Å². The Morgan fingerprint density at radius 2 is 1.97 bits per heavy atom. The fraction of sp³-hybridized carbons (Fsp3) is 0.400. The lowest BCUT2D eigenvalue weighted by Gasteiger charge is -2.20. The van der Waals surface area contributed by atoms with Gasteiger partial charge in [0.2, 0.25) is 0 Å². The Bertz CT molecular complexity index is 1150. The van der Waals surface area contributed by atoms with Crippen LogP contribution >= 0.6 is 0 Å². The molecule has 0 aliphatic heterocycles. The summed E-state index contributed by atoms with van der Waals surface area (Å²) in [6.07, 6.45) is -3.88. The number of nitrogens with two attached hydrogens (primary N) is 1. The van der Waals surface area contributed by atoms with E-state index in [1.54, 1.807) is 25.1 Å². The van der Waals surface area contributed by atoms with Crippen molar-refractivity contribution in [3.05, 3.63) is 47.5 Å². The fourth-order valence-corrected chi connectivity index (χ4v) is 4.50. The lowest BCUT2D eigenvalue weighted by molar-refractivity contribution is -0.148. The molecule has 0 radical (unpaired) electrons. The number of alkyl halides is 3. The Kier molecular flexibility index (Phi) is 4.91. The average molecular weight is 455 g/mol. The molecule has 2 saturated carbocycles. The molecule has 31 heavy (non-hydrogen) atoms. The number of sulfonamides is 1. The molecule has 0 saturated heterocycles. The number of pyridine rings is 1. The molecule has 11 heteroatoms. The summed E-state index contributed by atoms with van der Waals surface area (Å²) >= 11 is 0. The quantitative estimate of drug-likeness (QED) is 0.693. The number of ether oxygens (including phenoxy) is 1. The number of carbonyl (C=O) groups is 1. The number of halogens is 3. The molecule has 0 unspecified atom stereocenters. The third-order valence-corrected chi connectivity index (χ3v) is 6.68. The van der Waals surface area contributed by atoms with Crippen molar-refractivity contribution < 1.29 is 31.1 Å². The monoisotopic (exact) mass is 455 g/mol. The summed E-state index contributed by atoms with van der Waals surface area (Å²) in [5, 5.41) is -0.418. The number of nitrogens with zero attached hydrogens (tertiary/aromatic N) is 1. The van der Waals surface area contributed by atoms with Gasteiger partial charge in [-0.1, -0.05) is 18.2 Å². The minimum absolute atomic E-state index is 0.0271. The number of rotatable bonds is 6. The molecular formula is C20H20F3N3O4S. The average Bonchev–Trinajstić information content (AvgIpc) is 3.56. The number of hydrogen-bond acceptors (Lipinski definition) is 6. The minimum Gasteiger partial charge on any atom is -0.477 e. The summed E-state index contributed by atoms with van der Waals surface area (Å²) in [7, 11) is -4.29. The summed E-state index contributed by atoms with van der Waals surface area (Å²) in [6.45, 7) is 1.75. The van der Waals surface area contributed by atoms with Crippen molar-refractivity contribution in [2.75, 3.05) is 5.73 Å². The normalized spacial score (nSPS) is 21.9. The Labute approximate surface area is 176 Å². The maximum atomic E-state index is 13.1. The van der Waals surface area contributed by atoms with E-state index in [-0.39, 0.29) is 30.8 Å². The third-order valence-electron chi connectivity index (χ3n) is 5.45. The SMILES string of the molecule is Cc1ccc([C@H]2C[C@@H]2C(F)(F)F)c(OC2(C(=O)NS(=O)(=O)c3cccc(N)n3)CC2)c1. The van der Waals surface area contributed by atoms with E-state index < -0.39 is 44.6 Å². The second kappa shape index (κ2) is 7.11. The number of nitrogen functional groups attached to an aromatic ring is 1. The Hall–Kier alpha value is -2.82. The standard InChI is InChI=1S/C20H20F3N3O4S/c1-11-5-6-12(13-10-14(13)20(21,22)23)15(9-11)30-19(7-8-19)18(27)26-31(28,29)17-4-2-3-16(24)25-17/h2-6,9,13-14H,7-8,10H2,1H3,(H2,24,25)(H,26,27)/t13-,14+/m1/s1. The van der Waals surface area contributed by atoms with Gasteiger partial charge in [-0.15, -0.1) is 0 Å². The molecule has 166 valence electrons. The van der Waals surface area contributed by atoms with Crippen LogP contribution in [0.5, 0.6) is 5.75 Å². The largest absolute Gasteiger partial charge is 0.477 e. The molecule has 4 rings (SSSR count). The van der Waals surface area contributed by atoms with Crippen LogP contribution in [0.1, 0.15) is 36.3 Å². The first-order chi connectivity index (χ1) is 14.4. The maximum Gasteiger partial charge on any atom is 0.392 e. The van der Waals surface area contributed by atoms with Crippen molar-refractivity contribution in [3.63, 3.8) is 0 Å². The van der Waals surface area contributed by atoms with Crippen LogP contribution in [0.25, 0.3) is 0 Å². The Balaban J connectivity index is 1.55. The van der Waals surface area contributed by atoms with E-state index in [9.17, 15) is 26.4 Å². The van der Waals surface area contributed by atoms with Gasteiger partial charge in [-0.25, -0.2) is 9.71 Å². The van der Waals surface area contributed by atoms with Crippen LogP contribution < -0.4 is 15.2 Å². The molecule has 2 aliphatic rings. The molecule has 1 aromatic carbocycles. The van der Waals surface area contributed by atoms with Crippen molar-refractivity contribution >= 4 is 21.7 Å². The molecule has 0 bridgehead atoms. The van der Waals surface area contributed by atoms with Crippen LogP contribution in [0.4, 0.5) is 19.0 Å². The maximum absolute atomic E-state index is 13.1. The summed E-state index contributed by atoms with van der Waals surface area (Å²) in [5.74, 6) is -2.94. The van der Waals surface area contributed by atoms with Crippen LogP contribution in [0.3, 0.4) is 0 Å². The number of amides is 1. The van der Waals surface area contributed by atoms with Crippen LogP contribution in [-0.2, 0) is 14.8 Å². The highest BCUT2D eigenvalue weighted by Crippen LogP contribution is 2.58. The van der Waals surface area contributed by atoms with Crippen molar-refractivity contribution in [2.45, 2.75) is 48.9 Å². The lowest BCUT2D eigenvalue weighted by Crippen LogP contribution is -2.43. The molecule has 3 N–H and O–H groups in total. The van der Waals surface area contributed by atoms with Crippen molar-refractivity contribution in [2.24, 2.45) is 5.92 Å². The number of nitrogens with one attached hydrogen (secondary N) is 1. The number of aryl methyl sites for hydroxylation is 1. The van der Waals surface area contributed by atoms with Gasteiger partial charge in [0.15, 0.2) is 10.6 Å². The van der Waals surface area contributed by atoms with E-state index in [4.69, 9.17) is 10.5 Å². The van der Waals surface area contributed by atoms with Crippen LogP contribution in [-0.4, -0.2) is 31.1 Å². The summed E-state index contributed by atoms with van der Waals surface area (Å²) in [5.41, 5.74) is 5.15. The molecule has 2 atom stereocenters. The van der Waals surface area contributed by atoms with E-state index >= 15 is 0 Å². The Morgan fingerprint density at radius 3 is 2.55 bits per heavy atom. The zero-order valence-electron chi connectivity index (χ0n) is 16.4. The molecule has 1 amide bonds. The smallest absolute Gasteiger partial charge is 0.392 e. The van der Waals surface area contributed by atoms with E-state index in [1.807, 2.05) is 4.72 Å². The molecule has 1 heterocycles. The zero-order valence-corrected chi connectivity index (χ0v) is 17.3. The van der Waals surface area contributed by atoms with Crippen LogP contribution in [0.2, 0.25) is 0 Å². The van der Waals surface area contributed by atoms with E-state index in [0.29, 0.717) is 5.56 Å². The van der Waals surface area contributed by atoms with E-state index in [2.05, 4.69) is 4.98 Å². The van der Waals surface area contributed by atoms with Gasteiger partial charge in [-0.3, -0.25) is 4.79 Å². The van der Waals surface area contributed by atoms with Gasteiger partial charge in [0.1, 0.15) is 11.6 Å². The van der Waals surface area contributed by atoms with E-state index in [1.165, 1.54) is 18.2 Å². The zero-order chi connectivity index (χ0) is 22.6. The van der Waals surface area contributed by atoms with Gasteiger partial charge >= 0.3 is 6.18 Å². The summed E-state index contributed by atoms with van der Waals surface area (Å²) in [4.78, 5) is 16.5. The highest BCUT2D eigenvalue weighted by atomic mass is 32.2. The van der Waals surface area contributed by atoms with Crippen molar-refractivity contribution in [3.8, 4) is 5.75 Å². The second-order valence-corrected chi connectivity index (χ2v) is 9.59. The molecule has 7 nitrogen and oxygen atoms in total. The second-order valence-electron chi connectivity index (χ2n) is 7.96. The molecular weight excluding hydrogens is 435 g/mol. The number of benzene rings is 1. The number of hydrogen-bond donors (Lipinski definition) is 2. The third kappa shape index (κ3) is 4.32. The van der Waals surface area contributed by atoms with Gasteiger partial charge in [-0.05, 0) is 48.6 Å². The first-order valence-corrected chi connectivity index (χ1v) is 11.1. The number of anilines is 1. The highest BCUT2D eigenvalue weighted by Gasteiger charge is 2.58. The van der Waals surface area contributed by atoms with Crippen molar-refractivity contribution in [1.82, 2.24) is 9.71 Å². The number of carbonyl (C=O) groups excluding carboxylic acids is 1. The molecule has 2 aromatic rings. The molecule has 1 aromatic heterocycles. The molecule has 0 spiro atoms. The highest BCUT2D eigenvalue weighted by molar-refractivity contribution is 7.90. The van der Waals surface area contributed by atoms with Gasteiger partial charge in [-0.2, -0.15) is 21.6 Å². The topological polar surface area (TPSA) is 111 Å². The molecule has 2 fully saturated rings. The van der Waals surface area contributed by atoms with E-state index in [0.717, 1.165) is 5.56 Å². The van der Waals surface area contributed by atoms with Crippen LogP contribution in [0, 0.1) is 12.8 Å². The summed E-state index contributed by atoms with van der Waals surface area (Å²) in [6, 6.07) is 8.80. The van der Waals surface area contributed by atoms with Gasteiger partial charge in [0.05, 0.1) is 5.92 Å². The van der Waals surface area contributed by atoms with Gasteiger partial charge in [0.25, 0.3) is 15.9 Å². The predicted octanol–water partition coefficient (Wildman–Crippen LogP) is 3.05. The first-order valence-electron chi connectivity index (χ1n) is 9.57. The lowest BCUT2D eigenvalue weighted by atomic mass is 10.0. The van der Waals surface area contributed by atoms with Gasteiger partial charge in [0, 0.05) is 12.8 Å². The number of aromatic nitrogens is 1. The van der Waals surface area contributed by atoms with Gasteiger partial charge < -0.3 is 10.5 Å². The predicted molar refractivity (Wildman–Crippen MR) is 105 cm³/mol. The molecule has 2 aliphatic carbocycles. The first kappa shape index (κ1) is 21.4. The van der Waals surface area contributed by atoms with Crippen molar-refractivity contribution in [1.29, 1.82) is 0 Å². The Morgan fingerprint density at radius 1 is 1.26 bits per heavy atom. The fourth-order valence-electron chi connectivity index (χ4n) is 3.48.